The predicted octanol–water partition coefficient (Wildman–Crippen LogP) is 2.23. The zero-order valence-corrected chi connectivity index (χ0v) is 15.3. The first-order chi connectivity index (χ1) is 14.0. The second-order valence-corrected chi connectivity index (χ2v) is 7.09. The number of carbonyl (C=O) groups is 2. The van der Waals surface area contributed by atoms with E-state index in [9.17, 15) is 18.4 Å². The first-order valence-electron chi connectivity index (χ1n) is 9.10. The summed E-state index contributed by atoms with van der Waals surface area (Å²) in [5.41, 5.74) is 0.786. The molecule has 8 heteroatoms. The standard InChI is InChI=1S/C21H17F2N3O3/c22-16-4-1-13(2-5-16)9-26-19(27)10-25(21(28)20(26)15-11-29-12-15)18-6-3-14(8-24)7-17(18)23/h1-7,15,20H,9-12H2. The summed E-state index contributed by atoms with van der Waals surface area (Å²) >= 11 is 0. The number of benzene rings is 2. The number of anilines is 1. The fourth-order valence-electron chi connectivity index (χ4n) is 3.62. The third kappa shape index (κ3) is 3.57. The average Bonchev–Trinajstić information content (AvgIpc) is 2.67. The van der Waals surface area contributed by atoms with Gasteiger partial charge in [-0.05, 0) is 35.9 Å². The Hall–Kier alpha value is -3.31. The number of carbonyl (C=O) groups excluding carboxylic acids is 2. The van der Waals surface area contributed by atoms with Crippen LogP contribution in [0.1, 0.15) is 11.1 Å². The Labute approximate surface area is 165 Å². The highest BCUT2D eigenvalue weighted by Crippen LogP contribution is 2.31. The average molecular weight is 397 g/mol. The number of amides is 2. The Balaban J connectivity index is 1.65. The lowest BCUT2D eigenvalue weighted by Gasteiger charge is -2.45. The molecule has 0 aliphatic carbocycles. The van der Waals surface area contributed by atoms with Crippen LogP contribution in [0.15, 0.2) is 42.5 Å². The molecule has 2 amide bonds. The Kier molecular flexibility index (Phi) is 4.99. The first kappa shape index (κ1) is 19.0. The van der Waals surface area contributed by atoms with Crippen molar-refractivity contribution in [1.29, 1.82) is 5.26 Å². The van der Waals surface area contributed by atoms with Crippen molar-refractivity contribution >= 4 is 17.5 Å². The van der Waals surface area contributed by atoms with Crippen LogP contribution in [0.3, 0.4) is 0 Å². The van der Waals surface area contributed by atoms with Gasteiger partial charge in [-0.15, -0.1) is 0 Å². The topological polar surface area (TPSA) is 73.6 Å². The van der Waals surface area contributed by atoms with Gasteiger partial charge in [0, 0.05) is 12.5 Å². The Morgan fingerprint density at radius 1 is 1.10 bits per heavy atom. The van der Waals surface area contributed by atoms with Crippen molar-refractivity contribution in [3.05, 3.63) is 65.2 Å². The number of halogens is 2. The SMILES string of the molecule is N#Cc1ccc(N2CC(=O)N(Cc3ccc(F)cc3)C(C3COC3)C2=O)c(F)c1. The molecule has 2 aromatic carbocycles. The number of nitrogens with zero attached hydrogens (tertiary/aromatic N) is 3. The number of piperazine rings is 1. The molecule has 0 bridgehead atoms. The molecular weight excluding hydrogens is 380 g/mol. The van der Waals surface area contributed by atoms with E-state index < -0.39 is 17.8 Å². The molecule has 2 aromatic rings. The van der Waals surface area contributed by atoms with Crippen molar-refractivity contribution in [2.45, 2.75) is 12.6 Å². The normalized spacial score (nSPS) is 19.8. The van der Waals surface area contributed by atoms with Crippen molar-refractivity contribution in [3.63, 3.8) is 0 Å². The third-order valence-electron chi connectivity index (χ3n) is 5.21. The van der Waals surface area contributed by atoms with Gasteiger partial charge in [0.2, 0.25) is 5.91 Å². The number of hydrogen-bond donors (Lipinski definition) is 0. The quantitative estimate of drug-likeness (QED) is 0.793. The molecule has 6 nitrogen and oxygen atoms in total. The zero-order chi connectivity index (χ0) is 20.5. The summed E-state index contributed by atoms with van der Waals surface area (Å²) < 4.78 is 32.9. The number of nitriles is 1. The molecule has 2 heterocycles. The molecule has 4 rings (SSSR count). The molecule has 29 heavy (non-hydrogen) atoms. The molecule has 148 valence electrons. The van der Waals surface area contributed by atoms with Gasteiger partial charge in [0.25, 0.3) is 5.91 Å². The minimum Gasteiger partial charge on any atom is -0.380 e. The third-order valence-corrected chi connectivity index (χ3v) is 5.21. The van der Waals surface area contributed by atoms with Crippen LogP contribution in [0.4, 0.5) is 14.5 Å². The van der Waals surface area contributed by atoms with Gasteiger partial charge < -0.3 is 9.64 Å². The summed E-state index contributed by atoms with van der Waals surface area (Å²) in [6.45, 7) is 0.489. The highest BCUT2D eigenvalue weighted by atomic mass is 19.1. The minimum atomic E-state index is -0.801. The Morgan fingerprint density at radius 2 is 1.83 bits per heavy atom. The summed E-state index contributed by atoms with van der Waals surface area (Å²) in [7, 11) is 0. The van der Waals surface area contributed by atoms with Crippen molar-refractivity contribution in [1.82, 2.24) is 4.90 Å². The summed E-state index contributed by atoms with van der Waals surface area (Å²) in [5.74, 6) is -2.06. The van der Waals surface area contributed by atoms with E-state index in [1.54, 1.807) is 12.1 Å². The van der Waals surface area contributed by atoms with Crippen LogP contribution >= 0.6 is 0 Å². The largest absolute Gasteiger partial charge is 0.380 e. The monoisotopic (exact) mass is 397 g/mol. The van der Waals surface area contributed by atoms with Gasteiger partial charge in [0.15, 0.2) is 0 Å². The number of rotatable bonds is 4. The van der Waals surface area contributed by atoms with E-state index in [-0.39, 0.29) is 42.0 Å². The van der Waals surface area contributed by atoms with Gasteiger partial charge in [-0.2, -0.15) is 5.26 Å². The minimum absolute atomic E-state index is 0.0333. The summed E-state index contributed by atoms with van der Waals surface area (Å²) in [6, 6.07) is 10.5. The Morgan fingerprint density at radius 3 is 2.41 bits per heavy atom. The smallest absolute Gasteiger partial charge is 0.250 e. The van der Waals surface area contributed by atoms with Crippen LogP contribution in [0.2, 0.25) is 0 Å². The van der Waals surface area contributed by atoms with Crippen LogP contribution in [0, 0.1) is 28.9 Å². The molecule has 0 saturated carbocycles. The predicted molar refractivity (Wildman–Crippen MR) is 98.5 cm³/mol. The van der Waals surface area contributed by atoms with Gasteiger partial charge in [0.05, 0.1) is 30.5 Å². The highest BCUT2D eigenvalue weighted by Gasteiger charge is 2.46. The van der Waals surface area contributed by atoms with Gasteiger partial charge in [-0.1, -0.05) is 12.1 Å². The second kappa shape index (κ2) is 7.60. The molecule has 0 radical (unpaired) electrons. The maximum atomic E-state index is 14.5. The van der Waals surface area contributed by atoms with Crippen molar-refractivity contribution in [2.24, 2.45) is 5.92 Å². The lowest BCUT2D eigenvalue weighted by atomic mass is 9.92. The van der Waals surface area contributed by atoms with Crippen LogP contribution in [0.5, 0.6) is 0 Å². The fraction of sp³-hybridized carbons (Fsp3) is 0.286. The van der Waals surface area contributed by atoms with Gasteiger partial charge in [-0.25, -0.2) is 8.78 Å². The molecule has 0 aromatic heterocycles. The molecule has 0 N–H and O–H groups in total. The molecule has 2 aliphatic heterocycles. The number of hydrogen-bond acceptors (Lipinski definition) is 4. The van der Waals surface area contributed by atoms with E-state index in [2.05, 4.69) is 0 Å². The van der Waals surface area contributed by atoms with Crippen LogP contribution < -0.4 is 4.90 Å². The van der Waals surface area contributed by atoms with Crippen molar-refractivity contribution in [3.8, 4) is 6.07 Å². The maximum absolute atomic E-state index is 14.5. The van der Waals surface area contributed by atoms with E-state index in [1.165, 1.54) is 29.2 Å². The highest BCUT2D eigenvalue weighted by molar-refractivity contribution is 6.06. The number of ether oxygens (including phenoxy) is 1. The van der Waals surface area contributed by atoms with E-state index in [1.807, 2.05) is 6.07 Å². The molecule has 2 saturated heterocycles. The van der Waals surface area contributed by atoms with E-state index in [4.69, 9.17) is 10.00 Å². The van der Waals surface area contributed by atoms with E-state index >= 15 is 0 Å². The van der Waals surface area contributed by atoms with Crippen molar-refractivity contribution in [2.75, 3.05) is 24.7 Å². The fourth-order valence-corrected chi connectivity index (χ4v) is 3.62. The first-order valence-corrected chi connectivity index (χ1v) is 9.10. The van der Waals surface area contributed by atoms with E-state index in [0.717, 1.165) is 11.0 Å². The van der Waals surface area contributed by atoms with E-state index in [0.29, 0.717) is 18.8 Å². The van der Waals surface area contributed by atoms with Crippen LogP contribution in [-0.4, -0.2) is 42.5 Å². The molecule has 0 spiro atoms. The summed E-state index contributed by atoms with van der Waals surface area (Å²) in [6.07, 6.45) is 0. The van der Waals surface area contributed by atoms with Gasteiger partial charge in [0.1, 0.15) is 24.2 Å². The second-order valence-electron chi connectivity index (χ2n) is 7.09. The molecule has 1 atom stereocenters. The summed E-state index contributed by atoms with van der Waals surface area (Å²) in [4.78, 5) is 28.8. The zero-order valence-electron chi connectivity index (χ0n) is 15.3. The molecular formula is C21H17F2N3O3. The molecule has 1 unspecified atom stereocenters. The van der Waals surface area contributed by atoms with Gasteiger partial charge in [-0.3, -0.25) is 14.5 Å². The molecule has 2 aliphatic rings. The van der Waals surface area contributed by atoms with Crippen molar-refractivity contribution < 1.29 is 23.1 Å². The Bertz CT molecular complexity index is 999. The van der Waals surface area contributed by atoms with Crippen LogP contribution in [-0.2, 0) is 20.9 Å². The van der Waals surface area contributed by atoms with Crippen LogP contribution in [0.25, 0.3) is 0 Å². The lowest BCUT2D eigenvalue weighted by Crippen LogP contribution is -2.65. The lowest BCUT2D eigenvalue weighted by molar-refractivity contribution is -0.155. The molecule has 2 fully saturated rings. The maximum Gasteiger partial charge on any atom is 0.250 e. The van der Waals surface area contributed by atoms with Gasteiger partial charge >= 0.3 is 0 Å². The summed E-state index contributed by atoms with van der Waals surface area (Å²) in [5, 5.41) is 8.91.